The van der Waals surface area contributed by atoms with Crippen LogP contribution in [-0.4, -0.2) is 34.7 Å². The number of nitrogens with zero attached hydrogens (tertiary/aromatic N) is 1. The number of hydrogen-bond acceptors (Lipinski definition) is 4. The Hall–Kier alpha value is -2.31. The summed E-state index contributed by atoms with van der Waals surface area (Å²) in [5.74, 6) is -0.322. The summed E-state index contributed by atoms with van der Waals surface area (Å²) in [6.45, 7) is 4.24. The number of amides is 2. The normalized spacial score (nSPS) is 11.5. The Kier molecular flexibility index (Phi) is 7.00. The predicted molar refractivity (Wildman–Crippen MR) is 78.5 cm³/mol. The number of aromatic nitrogens is 1. The first-order valence-electron chi connectivity index (χ1n) is 6.89. The molecule has 0 aliphatic rings. The molecule has 0 aromatic carbocycles. The minimum atomic E-state index is -0.827. The molecule has 7 nitrogen and oxygen atoms in total. The number of hydrogen-bond donors (Lipinski definition) is 3. The van der Waals surface area contributed by atoms with Crippen molar-refractivity contribution in [3.63, 3.8) is 0 Å². The average Bonchev–Trinajstić information content (AvgIpc) is 2.40. The molecule has 2 amide bonds. The third-order valence-corrected chi connectivity index (χ3v) is 2.69. The molecule has 1 rings (SSSR count). The minimum Gasteiger partial charge on any atom is -0.481 e. The van der Waals surface area contributed by atoms with Gasteiger partial charge in [0.15, 0.2) is 0 Å². The van der Waals surface area contributed by atoms with E-state index in [4.69, 9.17) is 9.84 Å². The summed E-state index contributed by atoms with van der Waals surface area (Å²) in [5.41, 5.74) is 0.564. The molecule has 1 atom stereocenters. The molecule has 1 unspecified atom stereocenters. The number of carbonyl (C=O) groups excluding carboxylic acids is 1. The van der Waals surface area contributed by atoms with Crippen molar-refractivity contribution < 1.29 is 19.4 Å². The number of carbonyl (C=O) groups is 2. The molecule has 0 saturated heterocycles. The Balaban J connectivity index is 2.33. The lowest BCUT2D eigenvalue weighted by atomic mass is 10.1. The van der Waals surface area contributed by atoms with Crippen molar-refractivity contribution in [2.45, 2.75) is 39.2 Å². The Morgan fingerprint density at radius 1 is 1.43 bits per heavy atom. The first kappa shape index (κ1) is 16.7. The van der Waals surface area contributed by atoms with E-state index in [9.17, 15) is 9.59 Å². The number of ether oxygens (including phenoxy) is 1. The highest BCUT2D eigenvalue weighted by Gasteiger charge is 2.08. The van der Waals surface area contributed by atoms with Gasteiger partial charge in [0.25, 0.3) is 0 Å². The Bertz CT molecular complexity index is 462. The maximum Gasteiger partial charge on any atom is 0.319 e. The lowest BCUT2D eigenvalue weighted by molar-refractivity contribution is -0.137. The van der Waals surface area contributed by atoms with Gasteiger partial charge in [-0.1, -0.05) is 0 Å². The zero-order valence-electron chi connectivity index (χ0n) is 12.3. The molecule has 0 aliphatic carbocycles. The van der Waals surface area contributed by atoms with Gasteiger partial charge >= 0.3 is 12.0 Å². The van der Waals surface area contributed by atoms with E-state index in [1.54, 1.807) is 12.1 Å². The van der Waals surface area contributed by atoms with Crippen molar-refractivity contribution in [2.75, 3.05) is 11.9 Å². The maximum atomic E-state index is 11.7. The smallest absolute Gasteiger partial charge is 0.319 e. The summed E-state index contributed by atoms with van der Waals surface area (Å²) in [5, 5.41) is 13.9. The molecule has 0 spiro atoms. The molecule has 21 heavy (non-hydrogen) atoms. The number of carboxylic acids is 1. The first-order chi connectivity index (χ1) is 10.0. The minimum absolute atomic E-state index is 0.0972. The van der Waals surface area contributed by atoms with Gasteiger partial charge in [-0.05, 0) is 32.8 Å². The summed E-state index contributed by atoms with van der Waals surface area (Å²) < 4.78 is 5.21. The second-order valence-corrected chi connectivity index (χ2v) is 4.60. The van der Waals surface area contributed by atoms with Crippen LogP contribution in [0.1, 0.15) is 33.1 Å². The van der Waals surface area contributed by atoms with Crippen LogP contribution in [0.5, 0.6) is 5.88 Å². The number of anilines is 1. The van der Waals surface area contributed by atoms with Gasteiger partial charge in [-0.2, -0.15) is 0 Å². The molecule has 0 bridgehead atoms. The second kappa shape index (κ2) is 8.78. The van der Waals surface area contributed by atoms with E-state index in [1.807, 2.05) is 13.8 Å². The van der Waals surface area contributed by atoms with Gasteiger partial charge in [0.05, 0.1) is 18.5 Å². The van der Waals surface area contributed by atoms with Crippen LogP contribution >= 0.6 is 0 Å². The van der Waals surface area contributed by atoms with Crippen LogP contribution in [0.2, 0.25) is 0 Å². The predicted octanol–water partition coefficient (Wildman–Crippen LogP) is 2.25. The topological polar surface area (TPSA) is 101 Å². The number of pyridine rings is 1. The fourth-order valence-corrected chi connectivity index (χ4v) is 1.71. The summed E-state index contributed by atoms with van der Waals surface area (Å²) >= 11 is 0. The molecule has 0 aliphatic heterocycles. The molecule has 1 aromatic heterocycles. The van der Waals surface area contributed by atoms with E-state index < -0.39 is 5.97 Å². The van der Waals surface area contributed by atoms with Crippen LogP contribution in [0, 0.1) is 0 Å². The van der Waals surface area contributed by atoms with Crippen LogP contribution < -0.4 is 15.4 Å². The summed E-state index contributed by atoms with van der Waals surface area (Å²) in [6.07, 6.45) is 2.76. The van der Waals surface area contributed by atoms with Gasteiger partial charge in [0, 0.05) is 18.5 Å². The van der Waals surface area contributed by atoms with E-state index in [1.165, 1.54) is 6.20 Å². The monoisotopic (exact) mass is 295 g/mol. The SMILES string of the molecule is CCOc1ccc(NC(=O)NC(C)CCCC(=O)O)cn1. The van der Waals surface area contributed by atoms with Crippen molar-refractivity contribution in [3.05, 3.63) is 18.3 Å². The molecule has 1 aromatic rings. The lowest BCUT2D eigenvalue weighted by Gasteiger charge is -2.14. The Labute approximate surface area is 123 Å². The fourth-order valence-electron chi connectivity index (χ4n) is 1.71. The Morgan fingerprint density at radius 3 is 2.76 bits per heavy atom. The van der Waals surface area contributed by atoms with Gasteiger partial charge in [-0.15, -0.1) is 0 Å². The molecule has 116 valence electrons. The molecule has 3 N–H and O–H groups in total. The van der Waals surface area contributed by atoms with Crippen LogP contribution in [0.15, 0.2) is 18.3 Å². The van der Waals surface area contributed by atoms with E-state index in [0.29, 0.717) is 31.0 Å². The molecule has 0 saturated carbocycles. The highest BCUT2D eigenvalue weighted by Crippen LogP contribution is 2.11. The van der Waals surface area contributed by atoms with E-state index in [-0.39, 0.29) is 18.5 Å². The average molecular weight is 295 g/mol. The van der Waals surface area contributed by atoms with Crippen LogP contribution in [0.4, 0.5) is 10.5 Å². The third kappa shape index (κ3) is 7.14. The summed E-state index contributed by atoms with van der Waals surface area (Å²) in [6, 6.07) is 2.94. The third-order valence-electron chi connectivity index (χ3n) is 2.69. The van der Waals surface area contributed by atoms with E-state index in [2.05, 4.69) is 15.6 Å². The van der Waals surface area contributed by atoms with Crippen LogP contribution in [0.3, 0.4) is 0 Å². The van der Waals surface area contributed by atoms with Crippen molar-refractivity contribution in [2.24, 2.45) is 0 Å². The van der Waals surface area contributed by atoms with Crippen LogP contribution in [0.25, 0.3) is 0 Å². The van der Waals surface area contributed by atoms with E-state index in [0.717, 1.165) is 0 Å². The number of carboxylic acid groups (broad SMARTS) is 1. The van der Waals surface area contributed by atoms with Crippen molar-refractivity contribution in [1.29, 1.82) is 0 Å². The molecule has 0 fully saturated rings. The molecule has 7 heteroatoms. The second-order valence-electron chi connectivity index (χ2n) is 4.60. The molecular formula is C14H21N3O4. The fraction of sp³-hybridized carbons (Fsp3) is 0.500. The van der Waals surface area contributed by atoms with Crippen LogP contribution in [-0.2, 0) is 4.79 Å². The highest BCUT2D eigenvalue weighted by molar-refractivity contribution is 5.89. The zero-order valence-corrected chi connectivity index (χ0v) is 12.3. The van der Waals surface area contributed by atoms with Gasteiger partial charge in [-0.25, -0.2) is 9.78 Å². The first-order valence-corrected chi connectivity index (χ1v) is 6.89. The largest absolute Gasteiger partial charge is 0.481 e. The van der Waals surface area contributed by atoms with Gasteiger partial charge in [-0.3, -0.25) is 4.79 Å². The van der Waals surface area contributed by atoms with Gasteiger partial charge in [0.1, 0.15) is 0 Å². The van der Waals surface area contributed by atoms with Gasteiger partial charge < -0.3 is 20.5 Å². The van der Waals surface area contributed by atoms with Crippen molar-refractivity contribution >= 4 is 17.7 Å². The lowest BCUT2D eigenvalue weighted by Crippen LogP contribution is -2.36. The number of nitrogens with one attached hydrogen (secondary N) is 2. The van der Waals surface area contributed by atoms with Crippen molar-refractivity contribution in [1.82, 2.24) is 10.3 Å². The summed E-state index contributed by atoms with van der Waals surface area (Å²) in [7, 11) is 0. The number of aliphatic carboxylic acids is 1. The standard InChI is InChI=1S/C14H21N3O4/c1-3-21-12-8-7-11(9-15-12)17-14(20)16-10(2)5-4-6-13(18)19/h7-10H,3-6H2,1-2H3,(H,18,19)(H2,16,17,20). The molecular weight excluding hydrogens is 274 g/mol. The molecule has 1 heterocycles. The van der Waals surface area contributed by atoms with Gasteiger partial charge in [0.2, 0.25) is 5.88 Å². The zero-order chi connectivity index (χ0) is 15.7. The Morgan fingerprint density at radius 2 is 2.19 bits per heavy atom. The quantitative estimate of drug-likeness (QED) is 0.683. The maximum absolute atomic E-state index is 11.7. The molecule has 0 radical (unpaired) electrons. The number of urea groups is 1. The van der Waals surface area contributed by atoms with Crippen molar-refractivity contribution in [3.8, 4) is 5.88 Å². The highest BCUT2D eigenvalue weighted by atomic mass is 16.5. The number of rotatable bonds is 8. The summed E-state index contributed by atoms with van der Waals surface area (Å²) in [4.78, 5) is 26.2. The van der Waals surface area contributed by atoms with E-state index >= 15 is 0 Å².